The van der Waals surface area contributed by atoms with Crippen LogP contribution in [0.1, 0.15) is 42.6 Å². The second-order valence-corrected chi connectivity index (χ2v) is 10.0. The van der Waals surface area contributed by atoms with Crippen molar-refractivity contribution in [2.24, 2.45) is 0 Å². The predicted molar refractivity (Wildman–Crippen MR) is 123 cm³/mol. The summed E-state index contributed by atoms with van der Waals surface area (Å²) in [5, 5.41) is 8.88. The molecule has 8 nitrogen and oxygen atoms in total. The molecule has 2 aliphatic heterocycles. The van der Waals surface area contributed by atoms with Crippen molar-refractivity contribution < 1.29 is 26.3 Å². The normalized spacial score (nSPS) is 22.7. The van der Waals surface area contributed by atoms with E-state index in [1.165, 1.54) is 24.3 Å². The van der Waals surface area contributed by atoms with E-state index < -0.39 is 32.4 Å². The van der Waals surface area contributed by atoms with Gasteiger partial charge in [0.2, 0.25) is 5.91 Å². The summed E-state index contributed by atoms with van der Waals surface area (Å²) in [6.07, 6.45) is 1.38. The molecule has 34 heavy (non-hydrogen) atoms. The highest BCUT2D eigenvalue weighted by atomic mass is 32.3. The first-order chi connectivity index (χ1) is 16.0. The summed E-state index contributed by atoms with van der Waals surface area (Å²) in [4.78, 5) is 27.2. The van der Waals surface area contributed by atoms with E-state index in [1.54, 1.807) is 6.92 Å². The molecule has 1 unspecified atom stereocenters. The van der Waals surface area contributed by atoms with Gasteiger partial charge < -0.3 is 16.0 Å². The van der Waals surface area contributed by atoms with Gasteiger partial charge in [0.1, 0.15) is 11.4 Å². The highest BCUT2D eigenvalue weighted by Crippen LogP contribution is 2.45. The Morgan fingerprint density at radius 1 is 1.26 bits per heavy atom. The molecule has 0 spiro atoms. The number of anilines is 2. The maximum absolute atomic E-state index is 14.4. The molecule has 182 valence electrons. The zero-order valence-electron chi connectivity index (χ0n) is 18.8. The second-order valence-electron chi connectivity index (χ2n) is 8.65. The summed E-state index contributed by atoms with van der Waals surface area (Å²) in [7, 11) is -4.84. The van der Waals surface area contributed by atoms with Crippen LogP contribution in [0.25, 0.3) is 0 Å². The third-order valence-corrected chi connectivity index (χ3v) is 7.30. The minimum atomic E-state index is -4.84. The van der Waals surface area contributed by atoms with Crippen LogP contribution in [0.3, 0.4) is 0 Å². The van der Waals surface area contributed by atoms with Crippen molar-refractivity contribution in [3.63, 3.8) is 0 Å². The number of halogens is 2. The molecule has 11 heteroatoms. The van der Waals surface area contributed by atoms with E-state index >= 15 is 0 Å². The van der Waals surface area contributed by atoms with Gasteiger partial charge in [-0.05, 0) is 69.6 Å². The molecule has 2 amide bonds. The van der Waals surface area contributed by atoms with Crippen molar-refractivity contribution in [1.29, 1.82) is 0 Å². The minimum Gasteiger partial charge on any atom is -0.384 e. The first-order valence-corrected chi connectivity index (χ1v) is 12.4. The van der Waals surface area contributed by atoms with Crippen LogP contribution in [0, 0.1) is 5.82 Å². The van der Waals surface area contributed by atoms with Gasteiger partial charge in [0.15, 0.2) is 0 Å². The molecule has 1 fully saturated rings. The Balaban J connectivity index is 1.53. The first-order valence-electron chi connectivity index (χ1n) is 11.0. The lowest BCUT2D eigenvalue weighted by Gasteiger charge is -2.42. The third-order valence-electron chi connectivity index (χ3n) is 6.46. The average molecular weight is 493 g/mol. The lowest BCUT2D eigenvalue weighted by atomic mass is 9.88. The zero-order chi connectivity index (χ0) is 24.7. The van der Waals surface area contributed by atoms with Crippen LogP contribution in [0.2, 0.25) is 0 Å². The van der Waals surface area contributed by atoms with Gasteiger partial charge in [-0.15, -0.1) is 3.89 Å². The second kappa shape index (κ2) is 8.95. The number of fused-ring (bicyclic) bond motifs is 1. The van der Waals surface area contributed by atoms with E-state index in [0.717, 1.165) is 12.1 Å². The Morgan fingerprint density at radius 3 is 2.62 bits per heavy atom. The predicted octanol–water partition coefficient (Wildman–Crippen LogP) is 2.98. The summed E-state index contributed by atoms with van der Waals surface area (Å²) in [6, 6.07) is 7.00. The quantitative estimate of drug-likeness (QED) is 0.536. The van der Waals surface area contributed by atoms with Crippen LogP contribution in [0.4, 0.5) is 19.7 Å². The number of carbonyl (C=O) groups is 2. The van der Waals surface area contributed by atoms with E-state index in [0.29, 0.717) is 49.4 Å². The van der Waals surface area contributed by atoms with Gasteiger partial charge in [-0.1, -0.05) is 0 Å². The molecular formula is C23H26F2N4O4S. The van der Waals surface area contributed by atoms with Gasteiger partial charge in [-0.25, -0.2) is 4.39 Å². The number of rotatable bonds is 6. The summed E-state index contributed by atoms with van der Waals surface area (Å²) >= 11 is 0. The van der Waals surface area contributed by atoms with Crippen LogP contribution in [-0.4, -0.2) is 50.8 Å². The van der Waals surface area contributed by atoms with Gasteiger partial charge in [0.25, 0.3) is 5.91 Å². The molecule has 4 rings (SSSR count). The SMILES string of the molecule is CCNc1cc(F)cc2c1NC(=O)C2(C)N1CCC[C@@H](NC(=O)c2ccc(S(=O)(=O)F)cc2)C1. The van der Waals surface area contributed by atoms with Crippen LogP contribution in [0.5, 0.6) is 0 Å². The summed E-state index contributed by atoms with van der Waals surface area (Å²) < 4.78 is 49.5. The Labute approximate surface area is 196 Å². The third kappa shape index (κ3) is 4.37. The smallest absolute Gasteiger partial charge is 0.332 e. The minimum absolute atomic E-state index is 0.192. The Hall–Kier alpha value is -3.05. The number of hydrogen-bond donors (Lipinski definition) is 3. The van der Waals surface area contributed by atoms with Gasteiger partial charge in [0.05, 0.1) is 16.3 Å². The number of nitrogens with one attached hydrogen (secondary N) is 3. The van der Waals surface area contributed by atoms with Crippen molar-refractivity contribution in [1.82, 2.24) is 10.2 Å². The van der Waals surface area contributed by atoms with Crippen molar-refractivity contribution in [3.8, 4) is 0 Å². The fourth-order valence-corrected chi connectivity index (χ4v) is 5.13. The molecule has 0 bridgehead atoms. The standard InChI is InChI=1S/C23H26F2N4O4S/c1-3-26-19-12-15(24)11-18-20(19)28-22(31)23(18,2)29-10-4-5-16(13-29)27-21(30)14-6-8-17(9-7-14)34(25,32)33/h6-9,11-12,16,26H,3-5,10,13H2,1-2H3,(H,27,30)(H,28,31)/t16-,23?/m1/s1. The summed E-state index contributed by atoms with van der Waals surface area (Å²) in [5.74, 6) is -1.14. The van der Waals surface area contributed by atoms with Gasteiger partial charge in [-0.3, -0.25) is 14.5 Å². The number of piperidine rings is 1. The van der Waals surface area contributed by atoms with Gasteiger partial charge in [-0.2, -0.15) is 8.42 Å². The van der Waals surface area contributed by atoms with E-state index in [4.69, 9.17) is 0 Å². The molecule has 1 saturated heterocycles. The summed E-state index contributed by atoms with van der Waals surface area (Å²) in [6.45, 7) is 5.16. The number of amides is 2. The lowest BCUT2D eigenvalue weighted by Crippen LogP contribution is -2.57. The Bertz CT molecular complexity index is 1240. The molecule has 0 saturated carbocycles. The summed E-state index contributed by atoms with van der Waals surface area (Å²) in [5.41, 5.74) is 0.711. The van der Waals surface area contributed by atoms with E-state index in [2.05, 4.69) is 16.0 Å². The molecular weight excluding hydrogens is 466 g/mol. The van der Waals surface area contributed by atoms with Crippen molar-refractivity contribution >= 4 is 33.4 Å². The fourth-order valence-electron chi connectivity index (χ4n) is 4.67. The topological polar surface area (TPSA) is 108 Å². The molecule has 0 radical (unpaired) electrons. The monoisotopic (exact) mass is 492 g/mol. The molecule has 2 aliphatic rings. The number of nitrogens with zero attached hydrogens (tertiary/aromatic N) is 1. The van der Waals surface area contributed by atoms with Crippen LogP contribution in [-0.2, 0) is 20.6 Å². The van der Waals surface area contributed by atoms with E-state index in [1.807, 2.05) is 11.8 Å². The maximum Gasteiger partial charge on any atom is 0.332 e. The van der Waals surface area contributed by atoms with Crippen molar-refractivity contribution in [2.75, 3.05) is 30.3 Å². The number of hydrogen-bond acceptors (Lipinski definition) is 6. The Kier molecular flexibility index (Phi) is 6.34. The van der Waals surface area contributed by atoms with Crippen molar-refractivity contribution in [2.45, 2.75) is 43.2 Å². The number of carbonyl (C=O) groups excluding carboxylic acids is 2. The first kappa shape index (κ1) is 24.1. The largest absolute Gasteiger partial charge is 0.384 e. The zero-order valence-corrected chi connectivity index (χ0v) is 19.6. The highest BCUT2D eigenvalue weighted by Gasteiger charge is 2.49. The molecule has 2 heterocycles. The maximum atomic E-state index is 14.4. The van der Waals surface area contributed by atoms with E-state index in [-0.39, 0.29) is 17.5 Å². The molecule has 3 N–H and O–H groups in total. The number of likely N-dealkylation sites (tertiary alicyclic amines) is 1. The van der Waals surface area contributed by atoms with E-state index in [9.17, 15) is 26.3 Å². The fraction of sp³-hybridized carbons (Fsp3) is 0.391. The van der Waals surface area contributed by atoms with Gasteiger partial charge in [0, 0.05) is 30.3 Å². The number of benzene rings is 2. The molecule has 2 aromatic rings. The van der Waals surface area contributed by atoms with Crippen LogP contribution < -0.4 is 16.0 Å². The lowest BCUT2D eigenvalue weighted by molar-refractivity contribution is -0.127. The Morgan fingerprint density at radius 2 is 1.97 bits per heavy atom. The van der Waals surface area contributed by atoms with Crippen LogP contribution in [0.15, 0.2) is 41.3 Å². The molecule has 2 aromatic carbocycles. The molecule has 2 atom stereocenters. The van der Waals surface area contributed by atoms with Gasteiger partial charge >= 0.3 is 10.2 Å². The average Bonchev–Trinajstić information content (AvgIpc) is 3.05. The van der Waals surface area contributed by atoms with Crippen molar-refractivity contribution in [3.05, 3.63) is 53.3 Å². The molecule has 0 aromatic heterocycles. The molecule has 0 aliphatic carbocycles. The highest BCUT2D eigenvalue weighted by molar-refractivity contribution is 7.86. The van der Waals surface area contributed by atoms with Crippen LogP contribution >= 0.6 is 0 Å².